The molecule has 2 aromatic heterocycles. The Labute approximate surface area is 83.8 Å². The van der Waals surface area contributed by atoms with E-state index in [0.29, 0.717) is 0 Å². The lowest BCUT2D eigenvalue weighted by Crippen LogP contribution is -1.96. The van der Waals surface area contributed by atoms with Gasteiger partial charge in [0, 0.05) is 23.8 Å². The van der Waals surface area contributed by atoms with E-state index in [-0.39, 0.29) is 0 Å². The van der Waals surface area contributed by atoms with Gasteiger partial charge < -0.3 is 0 Å². The van der Waals surface area contributed by atoms with Crippen molar-refractivity contribution in [2.24, 2.45) is 0 Å². The summed E-state index contributed by atoms with van der Waals surface area (Å²) in [6.45, 7) is 7.17. The average Bonchev–Trinajstić information content (AvgIpc) is 2.55. The maximum Gasteiger partial charge on any atom is 0.0718 e. The van der Waals surface area contributed by atoms with Crippen LogP contribution in [0.3, 0.4) is 0 Å². The summed E-state index contributed by atoms with van der Waals surface area (Å²) in [5.74, 6) is 0. The fourth-order valence-electron chi connectivity index (χ4n) is 1.74. The first kappa shape index (κ1) is 9.19. The normalized spacial score (nSPS) is 11.1. The highest BCUT2D eigenvalue weighted by atomic mass is 15.3. The Bertz CT molecular complexity index is 457. The van der Waals surface area contributed by atoms with E-state index in [1.165, 1.54) is 10.9 Å². The minimum absolute atomic E-state index is 0.917. The van der Waals surface area contributed by atoms with Crippen LogP contribution in [0.25, 0.3) is 10.9 Å². The number of hydrogen-bond donors (Lipinski definition) is 0. The molecule has 0 aromatic carbocycles. The first-order valence-corrected chi connectivity index (χ1v) is 5.08. The van der Waals surface area contributed by atoms with Crippen molar-refractivity contribution in [3.05, 3.63) is 23.7 Å². The van der Waals surface area contributed by atoms with Crippen LogP contribution in [0.1, 0.15) is 25.2 Å². The second kappa shape index (κ2) is 3.40. The number of hydrogen-bond acceptors (Lipinski definition) is 2. The summed E-state index contributed by atoms with van der Waals surface area (Å²) in [6.07, 6.45) is 2.90. The van der Waals surface area contributed by atoms with Crippen LogP contribution < -0.4 is 0 Å². The molecule has 2 heterocycles. The van der Waals surface area contributed by atoms with Crippen molar-refractivity contribution in [1.29, 1.82) is 0 Å². The van der Waals surface area contributed by atoms with Gasteiger partial charge >= 0.3 is 0 Å². The summed E-state index contributed by atoms with van der Waals surface area (Å²) < 4.78 is 2.04. The number of nitrogens with zero attached hydrogens (tertiary/aromatic N) is 3. The maximum absolute atomic E-state index is 4.54. The highest BCUT2D eigenvalue weighted by molar-refractivity contribution is 5.81. The topological polar surface area (TPSA) is 30.7 Å². The largest absolute Gasteiger partial charge is 0.265 e. The third-order valence-corrected chi connectivity index (χ3v) is 2.48. The summed E-state index contributed by atoms with van der Waals surface area (Å²) in [7, 11) is 0. The number of aryl methyl sites for hydroxylation is 3. The quantitative estimate of drug-likeness (QED) is 0.725. The van der Waals surface area contributed by atoms with Crippen molar-refractivity contribution >= 4 is 10.9 Å². The van der Waals surface area contributed by atoms with Gasteiger partial charge in [-0.25, -0.2) is 0 Å². The van der Waals surface area contributed by atoms with Gasteiger partial charge in [-0.1, -0.05) is 6.92 Å². The molecular weight excluding hydrogens is 174 g/mol. The molecule has 0 bridgehead atoms. The molecule has 0 fully saturated rings. The Morgan fingerprint density at radius 2 is 2.14 bits per heavy atom. The van der Waals surface area contributed by atoms with E-state index in [9.17, 15) is 0 Å². The van der Waals surface area contributed by atoms with Crippen LogP contribution in [-0.2, 0) is 13.0 Å². The lowest BCUT2D eigenvalue weighted by molar-refractivity contribution is 0.670. The minimum Gasteiger partial charge on any atom is -0.265 e. The van der Waals surface area contributed by atoms with Crippen molar-refractivity contribution in [3.8, 4) is 0 Å². The predicted molar refractivity (Wildman–Crippen MR) is 57.3 cm³/mol. The predicted octanol–water partition coefficient (Wildman–Crippen LogP) is 2.32. The van der Waals surface area contributed by atoms with Crippen LogP contribution in [0.15, 0.2) is 12.3 Å². The van der Waals surface area contributed by atoms with Crippen molar-refractivity contribution in [3.63, 3.8) is 0 Å². The Balaban J connectivity index is 2.75. The molecule has 3 heteroatoms. The number of rotatable bonds is 2. The molecule has 0 atom stereocenters. The van der Waals surface area contributed by atoms with E-state index in [2.05, 4.69) is 30.0 Å². The van der Waals surface area contributed by atoms with E-state index < -0.39 is 0 Å². The van der Waals surface area contributed by atoms with Crippen LogP contribution in [0.2, 0.25) is 0 Å². The SMILES string of the molecule is CCc1nn(CC)c2cc(C)ncc12. The van der Waals surface area contributed by atoms with Crippen LogP contribution >= 0.6 is 0 Å². The van der Waals surface area contributed by atoms with Crippen molar-refractivity contribution < 1.29 is 0 Å². The molecule has 0 radical (unpaired) electrons. The highest BCUT2D eigenvalue weighted by Gasteiger charge is 2.07. The smallest absolute Gasteiger partial charge is 0.0718 e. The number of aromatic nitrogens is 3. The Kier molecular flexibility index (Phi) is 2.23. The summed E-state index contributed by atoms with van der Waals surface area (Å²) in [4.78, 5) is 4.31. The monoisotopic (exact) mass is 189 g/mol. The summed E-state index contributed by atoms with van der Waals surface area (Å²) in [5, 5.41) is 5.74. The van der Waals surface area contributed by atoms with Crippen molar-refractivity contribution in [2.45, 2.75) is 33.7 Å². The van der Waals surface area contributed by atoms with Gasteiger partial charge in [-0.2, -0.15) is 5.10 Å². The molecule has 0 spiro atoms. The molecule has 0 saturated heterocycles. The maximum atomic E-state index is 4.54. The molecule has 0 N–H and O–H groups in total. The van der Waals surface area contributed by atoms with Crippen molar-refractivity contribution in [1.82, 2.24) is 14.8 Å². The molecule has 14 heavy (non-hydrogen) atoms. The fourth-order valence-corrected chi connectivity index (χ4v) is 1.74. The van der Waals surface area contributed by atoms with Gasteiger partial charge in [-0.3, -0.25) is 9.67 Å². The molecule has 0 amide bonds. The lowest BCUT2D eigenvalue weighted by atomic mass is 10.2. The van der Waals surface area contributed by atoms with E-state index in [1.54, 1.807) is 0 Å². The average molecular weight is 189 g/mol. The summed E-state index contributed by atoms with van der Waals surface area (Å²) >= 11 is 0. The van der Waals surface area contributed by atoms with Gasteiger partial charge in [0.15, 0.2) is 0 Å². The molecule has 0 unspecified atom stereocenters. The van der Waals surface area contributed by atoms with Crippen LogP contribution in [0, 0.1) is 6.92 Å². The summed E-state index contributed by atoms with van der Waals surface area (Å²) in [5.41, 5.74) is 3.40. The third-order valence-electron chi connectivity index (χ3n) is 2.48. The highest BCUT2D eigenvalue weighted by Crippen LogP contribution is 2.18. The lowest BCUT2D eigenvalue weighted by Gasteiger charge is -1.97. The fraction of sp³-hybridized carbons (Fsp3) is 0.455. The van der Waals surface area contributed by atoms with Gasteiger partial charge in [0.2, 0.25) is 0 Å². The Morgan fingerprint density at radius 3 is 2.79 bits per heavy atom. The molecule has 0 aliphatic heterocycles. The molecule has 3 nitrogen and oxygen atoms in total. The Hall–Kier alpha value is -1.38. The zero-order chi connectivity index (χ0) is 10.1. The second-order valence-electron chi connectivity index (χ2n) is 3.46. The second-order valence-corrected chi connectivity index (χ2v) is 3.46. The van der Waals surface area contributed by atoms with Crippen LogP contribution in [-0.4, -0.2) is 14.8 Å². The molecule has 74 valence electrons. The first-order chi connectivity index (χ1) is 6.76. The zero-order valence-corrected chi connectivity index (χ0v) is 8.91. The zero-order valence-electron chi connectivity index (χ0n) is 8.91. The Morgan fingerprint density at radius 1 is 1.36 bits per heavy atom. The molecular formula is C11H15N3. The van der Waals surface area contributed by atoms with Gasteiger partial charge in [0.1, 0.15) is 0 Å². The first-order valence-electron chi connectivity index (χ1n) is 5.08. The van der Waals surface area contributed by atoms with E-state index >= 15 is 0 Å². The van der Waals surface area contributed by atoms with Crippen molar-refractivity contribution in [2.75, 3.05) is 0 Å². The third kappa shape index (κ3) is 1.29. The molecule has 0 aliphatic rings. The van der Waals surface area contributed by atoms with Crippen LogP contribution in [0.4, 0.5) is 0 Å². The van der Waals surface area contributed by atoms with Gasteiger partial charge in [-0.05, 0) is 26.3 Å². The standard InChI is InChI=1S/C11H15N3/c1-4-10-9-7-12-8(3)6-11(9)14(5-2)13-10/h6-7H,4-5H2,1-3H3. The molecule has 0 saturated carbocycles. The minimum atomic E-state index is 0.917. The number of fused-ring (bicyclic) bond motifs is 1. The van der Waals surface area contributed by atoms with E-state index in [1.807, 2.05) is 17.8 Å². The molecule has 0 aliphatic carbocycles. The molecule has 2 rings (SSSR count). The number of pyridine rings is 1. The molecule has 2 aromatic rings. The van der Waals surface area contributed by atoms with E-state index in [0.717, 1.165) is 24.4 Å². The van der Waals surface area contributed by atoms with Gasteiger partial charge in [0.05, 0.1) is 11.2 Å². The van der Waals surface area contributed by atoms with E-state index in [4.69, 9.17) is 0 Å². The van der Waals surface area contributed by atoms with Gasteiger partial charge in [-0.15, -0.1) is 0 Å². The van der Waals surface area contributed by atoms with Gasteiger partial charge in [0.25, 0.3) is 0 Å². The van der Waals surface area contributed by atoms with Crippen LogP contribution in [0.5, 0.6) is 0 Å². The summed E-state index contributed by atoms with van der Waals surface area (Å²) in [6, 6.07) is 2.10.